The molecule has 0 aliphatic carbocycles. The van der Waals surface area contributed by atoms with Crippen LogP contribution < -0.4 is 10.6 Å². The molecule has 0 saturated heterocycles. The van der Waals surface area contributed by atoms with Crippen molar-refractivity contribution in [3.8, 4) is 0 Å². The SMILES string of the molecule is CCC(C)NCC(=O)Nc1ccc2nc(C)sc2c1. The average molecular weight is 277 g/mol. The molecule has 4 nitrogen and oxygen atoms in total. The number of carbonyl (C=O) groups is 1. The lowest BCUT2D eigenvalue weighted by Crippen LogP contribution is -2.33. The van der Waals surface area contributed by atoms with E-state index in [1.807, 2.05) is 25.1 Å². The quantitative estimate of drug-likeness (QED) is 0.883. The second-order valence-corrected chi connectivity index (χ2v) is 5.89. The summed E-state index contributed by atoms with van der Waals surface area (Å²) in [6.07, 6.45) is 1.01. The molecule has 0 fully saturated rings. The van der Waals surface area contributed by atoms with Crippen LogP contribution in [0.3, 0.4) is 0 Å². The number of aromatic nitrogens is 1. The summed E-state index contributed by atoms with van der Waals surface area (Å²) in [7, 11) is 0. The molecular weight excluding hydrogens is 258 g/mol. The molecule has 0 aliphatic rings. The lowest BCUT2D eigenvalue weighted by molar-refractivity contribution is -0.115. The first-order valence-corrected chi connectivity index (χ1v) is 7.30. The second-order valence-electron chi connectivity index (χ2n) is 4.65. The van der Waals surface area contributed by atoms with Gasteiger partial charge in [0, 0.05) is 11.7 Å². The molecule has 0 saturated carbocycles. The first-order valence-electron chi connectivity index (χ1n) is 6.49. The predicted molar refractivity (Wildman–Crippen MR) is 80.7 cm³/mol. The number of hydrogen-bond donors (Lipinski definition) is 2. The minimum Gasteiger partial charge on any atom is -0.325 e. The molecule has 1 atom stereocenters. The fourth-order valence-electron chi connectivity index (χ4n) is 1.73. The molecule has 1 amide bonds. The number of nitrogens with zero attached hydrogens (tertiary/aromatic N) is 1. The number of nitrogens with one attached hydrogen (secondary N) is 2. The van der Waals surface area contributed by atoms with Crippen LogP contribution in [0, 0.1) is 6.92 Å². The zero-order valence-corrected chi connectivity index (χ0v) is 12.3. The summed E-state index contributed by atoms with van der Waals surface area (Å²) in [6, 6.07) is 6.16. The van der Waals surface area contributed by atoms with Gasteiger partial charge < -0.3 is 10.6 Å². The van der Waals surface area contributed by atoms with Gasteiger partial charge in [-0.05, 0) is 38.5 Å². The van der Waals surface area contributed by atoms with E-state index >= 15 is 0 Å². The molecule has 0 radical (unpaired) electrons. The Bertz CT molecular complexity index is 579. The van der Waals surface area contributed by atoms with Crippen molar-refractivity contribution >= 4 is 33.1 Å². The molecule has 5 heteroatoms. The molecule has 0 aliphatic heterocycles. The molecule has 1 aromatic carbocycles. The van der Waals surface area contributed by atoms with Crippen LogP contribution >= 0.6 is 11.3 Å². The number of anilines is 1. The zero-order chi connectivity index (χ0) is 13.8. The number of thiazole rings is 1. The standard InChI is InChI=1S/C14H19N3OS/c1-4-9(2)15-8-14(18)17-11-5-6-12-13(7-11)19-10(3)16-12/h5-7,9,15H,4,8H2,1-3H3,(H,17,18). The number of aryl methyl sites for hydroxylation is 1. The molecular formula is C14H19N3OS. The van der Waals surface area contributed by atoms with Crippen molar-refractivity contribution in [1.82, 2.24) is 10.3 Å². The monoisotopic (exact) mass is 277 g/mol. The molecule has 19 heavy (non-hydrogen) atoms. The summed E-state index contributed by atoms with van der Waals surface area (Å²) in [5, 5.41) is 7.11. The van der Waals surface area contributed by atoms with Gasteiger partial charge in [-0.1, -0.05) is 6.92 Å². The van der Waals surface area contributed by atoms with Crippen LogP contribution in [0.4, 0.5) is 5.69 Å². The number of fused-ring (bicyclic) bond motifs is 1. The molecule has 2 aromatic rings. The Morgan fingerprint density at radius 2 is 2.26 bits per heavy atom. The highest BCUT2D eigenvalue weighted by atomic mass is 32.1. The van der Waals surface area contributed by atoms with Gasteiger partial charge in [-0.3, -0.25) is 4.79 Å². The van der Waals surface area contributed by atoms with E-state index in [0.717, 1.165) is 27.3 Å². The van der Waals surface area contributed by atoms with Crippen molar-refractivity contribution < 1.29 is 4.79 Å². The fraction of sp³-hybridized carbons (Fsp3) is 0.429. The van der Waals surface area contributed by atoms with E-state index in [4.69, 9.17) is 0 Å². The molecule has 1 heterocycles. The minimum atomic E-state index is -0.0131. The highest BCUT2D eigenvalue weighted by molar-refractivity contribution is 7.18. The number of benzene rings is 1. The van der Waals surface area contributed by atoms with Gasteiger partial charge >= 0.3 is 0 Å². The van der Waals surface area contributed by atoms with Crippen LogP contribution in [0.2, 0.25) is 0 Å². The summed E-state index contributed by atoms with van der Waals surface area (Å²) >= 11 is 1.64. The van der Waals surface area contributed by atoms with Gasteiger partial charge in [-0.2, -0.15) is 0 Å². The van der Waals surface area contributed by atoms with Crippen LogP contribution in [-0.2, 0) is 4.79 Å². The Balaban J connectivity index is 1.98. The highest BCUT2D eigenvalue weighted by Gasteiger charge is 2.06. The Hall–Kier alpha value is -1.46. The highest BCUT2D eigenvalue weighted by Crippen LogP contribution is 2.24. The van der Waals surface area contributed by atoms with Gasteiger partial charge in [0.15, 0.2) is 0 Å². The summed E-state index contributed by atoms with van der Waals surface area (Å²) < 4.78 is 1.10. The Morgan fingerprint density at radius 1 is 1.47 bits per heavy atom. The van der Waals surface area contributed by atoms with E-state index in [1.54, 1.807) is 11.3 Å². The lowest BCUT2D eigenvalue weighted by atomic mass is 10.2. The first kappa shape index (κ1) is 14.0. The zero-order valence-electron chi connectivity index (χ0n) is 11.5. The Labute approximate surface area is 117 Å². The van der Waals surface area contributed by atoms with Crippen molar-refractivity contribution in [2.24, 2.45) is 0 Å². The maximum absolute atomic E-state index is 11.8. The third-order valence-electron chi connectivity index (χ3n) is 3.00. The van der Waals surface area contributed by atoms with Gasteiger partial charge in [-0.15, -0.1) is 11.3 Å². The molecule has 1 aromatic heterocycles. The van der Waals surface area contributed by atoms with E-state index in [0.29, 0.717) is 12.6 Å². The van der Waals surface area contributed by atoms with Crippen LogP contribution in [0.15, 0.2) is 18.2 Å². The summed E-state index contributed by atoms with van der Waals surface area (Å²) in [4.78, 5) is 16.2. The van der Waals surface area contributed by atoms with E-state index in [-0.39, 0.29) is 5.91 Å². The molecule has 0 spiro atoms. The van der Waals surface area contributed by atoms with Crippen molar-refractivity contribution in [3.63, 3.8) is 0 Å². The predicted octanol–water partition coefficient (Wildman–Crippen LogP) is 2.93. The van der Waals surface area contributed by atoms with Gasteiger partial charge in [-0.25, -0.2) is 4.98 Å². The largest absolute Gasteiger partial charge is 0.325 e. The van der Waals surface area contributed by atoms with Crippen molar-refractivity contribution in [2.45, 2.75) is 33.2 Å². The third kappa shape index (κ3) is 3.75. The molecule has 2 N–H and O–H groups in total. The first-order chi connectivity index (χ1) is 9.08. The van der Waals surface area contributed by atoms with E-state index < -0.39 is 0 Å². The van der Waals surface area contributed by atoms with Gasteiger partial charge in [0.2, 0.25) is 5.91 Å². The van der Waals surface area contributed by atoms with Gasteiger partial charge in [0.25, 0.3) is 0 Å². The van der Waals surface area contributed by atoms with E-state index in [1.165, 1.54) is 0 Å². The average Bonchev–Trinajstić information content (AvgIpc) is 2.75. The van der Waals surface area contributed by atoms with Crippen LogP contribution in [0.25, 0.3) is 10.2 Å². The number of rotatable bonds is 5. The summed E-state index contributed by atoms with van der Waals surface area (Å²) in [5.41, 5.74) is 1.81. The smallest absolute Gasteiger partial charge is 0.238 e. The Kier molecular flexibility index (Phi) is 4.50. The maximum atomic E-state index is 11.8. The fourth-order valence-corrected chi connectivity index (χ4v) is 2.60. The van der Waals surface area contributed by atoms with E-state index in [2.05, 4.69) is 29.5 Å². The van der Waals surface area contributed by atoms with Crippen molar-refractivity contribution in [2.75, 3.05) is 11.9 Å². The van der Waals surface area contributed by atoms with Crippen molar-refractivity contribution in [1.29, 1.82) is 0 Å². The van der Waals surface area contributed by atoms with E-state index in [9.17, 15) is 4.79 Å². The number of hydrogen-bond acceptors (Lipinski definition) is 4. The Morgan fingerprint density at radius 3 is 3.00 bits per heavy atom. The number of amides is 1. The van der Waals surface area contributed by atoms with Crippen LogP contribution in [0.1, 0.15) is 25.3 Å². The summed E-state index contributed by atoms with van der Waals surface area (Å²) in [6.45, 7) is 6.49. The lowest BCUT2D eigenvalue weighted by Gasteiger charge is -2.11. The number of carbonyl (C=O) groups excluding carboxylic acids is 1. The van der Waals surface area contributed by atoms with Gasteiger partial charge in [0.05, 0.1) is 21.8 Å². The third-order valence-corrected chi connectivity index (χ3v) is 3.94. The molecule has 1 unspecified atom stereocenters. The molecule has 102 valence electrons. The normalized spacial score (nSPS) is 12.6. The minimum absolute atomic E-state index is 0.0131. The van der Waals surface area contributed by atoms with Crippen molar-refractivity contribution in [3.05, 3.63) is 23.2 Å². The topological polar surface area (TPSA) is 54.0 Å². The molecule has 2 rings (SSSR count). The molecule has 0 bridgehead atoms. The second kappa shape index (κ2) is 6.12. The van der Waals surface area contributed by atoms with Gasteiger partial charge in [0.1, 0.15) is 0 Å². The summed E-state index contributed by atoms with van der Waals surface area (Å²) in [5.74, 6) is -0.0131. The van der Waals surface area contributed by atoms with Crippen LogP contribution in [0.5, 0.6) is 0 Å². The van der Waals surface area contributed by atoms with Crippen LogP contribution in [-0.4, -0.2) is 23.5 Å². The maximum Gasteiger partial charge on any atom is 0.238 e.